The SMILES string of the molecule is COc1ccc(-n2c(CCNS(=O)(=O)C=Cc3ccccc3)nnc2SC)cc1. The number of hydrogen-bond acceptors (Lipinski definition) is 6. The van der Waals surface area contributed by atoms with Crippen molar-refractivity contribution in [2.24, 2.45) is 0 Å². The predicted octanol–water partition coefficient (Wildman–Crippen LogP) is 3.13. The smallest absolute Gasteiger partial charge is 0.233 e. The van der Waals surface area contributed by atoms with E-state index >= 15 is 0 Å². The number of nitrogens with zero attached hydrogens (tertiary/aromatic N) is 3. The lowest BCUT2D eigenvalue weighted by Crippen LogP contribution is -2.24. The number of aromatic nitrogens is 3. The summed E-state index contributed by atoms with van der Waals surface area (Å²) in [5, 5.41) is 10.3. The van der Waals surface area contributed by atoms with Gasteiger partial charge in [0, 0.05) is 24.1 Å². The van der Waals surface area contributed by atoms with E-state index in [-0.39, 0.29) is 6.54 Å². The highest BCUT2D eigenvalue weighted by molar-refractivity contribution is 7.98. The third kappa shape index (κ3) is 5.69. The molecule has 0 aliphatic heterocycles. The van der Waals surface area contributed by atoms with Crippen molar-refractivity contribution in [2.75, 3.05) is 19.9 Å². The van der Waals surface area contributed by atoms with Crippen LogP contribution in [0.5, 0.6) is 5.75 Å². The number of thioether (sulfide) groups is 1. The van der Waals surface area contributed by atoms with Crippen LogP contribution in [0, 0.1) is 0 Å². The molecule has 1 aromatic heterocycles. The summed E-state index contributed by atoms with van der Waals surface area (Å²) in [6.07, 6.45) is 3.89. The van der Waals surface area contributed by atoms with Crippen molar-refractivity contribution in [1.82, 2.24) is 19.5 Å². The molecule has 0 amide bonds. The standard InChI is InChI=1S/C20H22N4O3S2/c1-27-18-10-8-17(9-11-18)24-19(22-23-20(24)28-2)12-14-21-29(25,26)15-13-16-6-4-3-5-7-16/h3-11,13,15,21H,12,14H2,1-2H3. The van der Waals surface area contributed by atoms with Gasteiger partial charge in [-0.1, -0.05) is 42.1 Å². The highest BCUT2D eigenvalue weighted by atomic mass is 32.2. The van der Waals surface area contributed by atoms with Gasteiger partial charge in [0.25, 0.3) is 0 Å². The molecule has 152 valence electrons. The molecule has 0 spiro atoms. The van der Waals surface area contributed by atoms with E-state index in [9.17, 15) is 8.42 Å². The number of rotatable bonds is 9. The lowest BCUT2D eigenvalue weighted by molar-refractivity contribution is 0.414. The summed E-state index contributed by atoms with van der Waals surface area (Å²) >= 11 is 1.47. The number of methoxy groups -OCH3 is 1. The zero-order valence-electron chi connectivity index (χ0n) is 16.1. The minimum Gasteiger partial charge on any atom is -0.497 e. The van der Waals surface area contributed by atoms with Crippen molar-refractivity contribution < 1.29 is 13.2 Å². The lowest BCUT2D eigenvalue weighted by atomic mass is 10.2. The number of sulfonamides is 1. The van der Waals surface area contributed by atoms with E-state index in [4.69, 9.17) is 4.74 Å². The van der Waals surface area contributed by atoms with Crippen molar-refractivity contribution in [3.63, 3.8) is 0 Å². The summed E-state index contributed by atoms with van der Waals surface area (Å²) in [6, 6.07) is 16.8. The first-order valence-electron chi connectivity index (χ1n) is 8.88. The Bertz CT molecular complexity index is 1060. The van der Waals surface area contributed by atoms with Crippen LogP contribution >= 0.6 is 11.8 Å². The third-order valence-electron chi connectivity index (χ3n) is 4.10. The molecule has 0 saturated carbocycles. The van der Waals surface area contributed by atoms with Crippen LogP contribution in [0.3, 0.4) is 0 Å². The Morgan fingerprint density at radius 3 is 2.48 bits per heavy atom. The number of hydrogen-bond donors (Lipinski definition) is 1. The van der Waals surface area contributed by atoms with Gasteiger partial charge in [0.2, 0.25) is 10.0 Å². The Morgan fingerprint density at radius 2 is 1.83 bits per heavy atom. The summed E-state index contributed by atoms with van der Waals surface area (Å²) in [5.74, 6) is 1.43. The van der Waals surface area contributed by atoms with Gasteiger partial charge in [-0.2, -0.15) is 0 Å². The fourth-order valence-corrected chi connectivity index (χ4v) is 4.01. The first-order valence-corrected chi connectivity index (χ1v) is 11.6. The van der Waals surface area contributed by atoms with Gasteiger partial charge < -0.3 is 4.74 Å². The van der Waals surface area contributed by atoms with Gasteiger partial charge in [-0.05, 0) is 42.2 Å². The maximum Gasteiger partial charge on any atom is 0.233 e. The average molecular weight is 431 g/mol. The van der Waals surface area contributed by atoms with Crippen molar-refractivity contribution in [3.05, 3.63) is 71.4 Å². The average Bonchev–Trinajstić information content (AvgIpc) is 3.16. The molecule has 0 fully saturated rings. The fraction of sp³-hybridized carbons (Fsp3) is 0.200. The van der Waals surface area contributed by atoms with Gasteiger partial charge in [0.05, 0.1) is 7.11 Å². The van der Waals surface area contributed by atoms with E-state index in [1.807, 2.05) is 65.4 Å². The molecule has 3 aromatic rings. The van der Waals surface area contributed by atoms with Crippen LogP contribution in [-0.4, -0.2) is 43.1 Å². The molecule has 0 bridgehead atoms. The van der Waals surface area contributed by atoms with Crippen LogP contribution in [0.4, 0.5) is 0 Å². The molecule has 0 saturated heterocycles. The van der Waals surface area contributed by atoms with E-state index in [2.05, 4.69) is 14.9 Å². The molecular formula is C20H22N4O3S2. The number of benzene rings is 2. The van der Waals surface area contributed by atoms with Crippen LogP contribution < -0.4 is 9.46 Å². The van der Waals surface area contributed by atoms with Gasteiger partial charge in [-0.15, -0.1) is 10.2 Å². The summed E-state index contributed by atoms with van der Waals surface area (Å²) in [6.45, 7) is 0.212. The Hall–Kier alpha value is -2.62. The van der Waals surface area contributed by atoms with Crippen LogP contribution in [0.2, 0.25) is 0 Å². The summed E-state index contributed by atoms with van der Waals surface area (Å²) < 4.78 is 34.1. The predicted molar refractivity (Wildman–Crippen MR) is 116 cm³/mol. The second-order valence-corrected chi connectivity index (χ2v) is 8.46. The van der Waals surface area contributed by atoms with E-state index in [0.717, 1.165) is 22.2 Å². The van der Waals surface area contributed by atoms with Gasteiger partial charge in [0.15, 0.2) is 5.16 Å². The van der Waals surface area contributed by atoms with Crippen molar-refractivity contribution in [3.8, 4) is 11.4 Å². The fourth-order valence-electron chi connectivity index (χ4n) is 2.67. The van der Waals surface area contributed by atoms with E-state index in [0.29, 0.717) is 12.2 Å². The molecule has 0 unspecified atom stereocenters. The Kier molecular flexibility index (Phi) is 7.08. The van der Waals surface area contributed by atoms with E-state index in [1.54, 1.807) is 13.2 Å². The first kappa shape index (κ1) is 21.1. The monoisotopic (exact) mass is 430 g/mol. The molecule has 0 aliphatic rings. The zero-order valence-corrected chi connectivity index (χ0v) is 17.8. The molecule has 1 heterocycles. The normalized spacial score (nSPS) is 11.8. The molecule has 29 heavy (non-hydrogen) atoms. The molecule has 3 rings (SSSR count). The molecule has 0 radical (unpaired) electrons. The maximum absolute atomic E-state index is 12.2. The lowest BCUT2D eigenvalue weighted by Gasteiger charge is -2.10. The summed E-state index contributed by atoms with van der Waals surface area (Å²) in [5.41, 5.74) is 1.71. The van der Waals surface area contributed by atoms with Gasteiger partial charge in [-0.25, -0.2) is 13.1 Å². The maximum atomic E-state index is 12.2. The summed E-state index contributed by atoms with van der Waals surface area (Å²) in [7, 11) is -1.93. The van der Waals surface area contributed by atoms with Crippen LogP contribution in [0.15, 0.2) is 65.2 Å². The third-order valence-corrected chi connectivity index (χ3v) is 5.83. The second-order valence-electron chi connectivity index (χ2n) is 6.04. The Balaban J connectivity index is 1.69. The number of ether oxygens (including phenoxy) is 1. The highest BCUT2D eigenvalue weighted by Crippen LogP contribution is 2.22. The second kappa shape index (κ2) is 9.73. The molecule has 1 N–H and O–H groups in total. The largest absolute Gasteiger partial charge is 0.497 e. The number of nitrogens with one attached hydrogen (secondary N) is 1. The molecule has 0 aliphatic carbocycles. The van der Waals surface area contributed by atoms with Gasteiger partial charge in [-0.3, -0.25) is 4.57 Å². The minimum atomic E-state index is -3.54. The van der Waals surface area contributed by atoms with Crippen molar-refractivity contribution >= 4 is 27.9 Å². The van der Waals surface area contributed by atoms with Gasteiger partial charge in [0.1, 0.15) is 11.6 Å². The first-order chi connectivity index (χ1) is 14.0. The zero-order chi connectivity index (χ0) is 20.7. The molecular weight excluding hydrogens is 408 g/mol. The van der Waals surface area contributed by atoms with Crippen LogP contribution in [-0.2, 0) is 16.4 Å². The summed E-state index contributed by atoms with van der Waals surface area (Å²) in [4.78, 5) is 0. The quantitative estimate of drug-likeness (QED) is 0.525. The van der Waals surface area contributed by atoms with Crippen LogP contribution in [0.1, 0.15) is 11.4 Å². The molecule has 9 heteroatoms. The Morgan fingerprint density at radius 1 is 1.10 bits per heavy atom. The molecule has 2 aromatic carbocycles. The van der Waals surface area contributed by atoms with E-state index < -0.39 is 10.0 Å². The molecule has 0 atom stereocenters. The van der Waals surface area contributed by atoms with Crippen LogP contribution in [0.25, 0.3) is 11.8 Å². The highest BCUT2D eigenvalue weighted by Gasteiger charge is 2.14. The van der Waals surface area contributed by atoms with Crippen molar-refractivity contribution in [2.45, 2.75) is 11.6 Å². The minimum absolute atomic E-state index is 0.212. The Labute approximate surface area is 174 Å². The van der Waals surface area contributed by atoms with E-state index in [1.165, 1.54) is 17.2 Å². The molecule has 7 nitrogen and oxygen atoms in total. The topological polar surface area (TPSA) is 86.1 Å². The van der Waals surface area contributed by atoms with Gasteiger partial charge >= 0.3 is 0 Å². The van der Waals surface area contributed by atoms with Crippen molar-refractivity contribution in [1.29, 1.82) is 0 Å².